The molecule has 1 aliphatic carbocycles. The second-order valence-corrected chi connectivity index (χ2v) is 7.55. The average molecular weight is 295 g/mol. The lowest BCUT2D eigenvalue weighted by atomic mass is 9.80. The van der Waals surface area contributed by atoms with Gasteiger partial charge in [-0.2, -0.15) is 0 Å². The van der Waals surface area contributed by atoms with Gasteiger partial charge in [0.2, 0.25) is 0 Å². The Morgan fingerprint density at radius 2 is 2.10 bits per heavy atom. The van der Waals surface area contributed by atoms with E-state index < -0.39 is 0 Å². The molecule has 20 heavy (non-hydrogen) atoms. The van der Waals surface area contributed by atoms with Crippen molar-refractivity contribution in [1.29, 1.82) is 0 Å². The summed E-state index contributed by atoms with van der Waals surface area (Å²) in [7, 11) is 0. The number of thiazole rings is 1. The number of nitrogens with zero attached hydrogens (tertiary/aromatic N) is 1. The Balaban J connectivity index is 2.14. The minimum atomic E-state index is 0.541. The summed E-state index contributed by atoms with van der Waals surface area (Å²) in [6.07, 6.45) is 6.87. The first kappa shape index (κ1) is 16.0. The van der Waals surface area contributed by atoms with Crippen molar-refractivity contribution in [2.24, 2.45) is 5.92 Å². The summed E-state index contributed by atoms with van der Waals surface area (Å²) >= 11 is 1.97. The van der Waals surface area contributed by atoms with Crippen LogP contribution in [0.1, 0.15) is 87.2 Å². The predicted molar refractivity (Wildman–Crippen MR) is 88.6 cm³/mol. The third kappa shape index (κ3) is 3.82. The average Bonchev–Trinajstić information content (AvgIpc) is 2.89. The Morgan fingerprint density at radius 3 is 2.75 bits per heavy atom. The molecule has 1 saturated carbocycles. The molecular weight excluding hydrogens is 264 g/mol. The van der Waals surface area contributed by atoms with Crippen molar-refractivity contribution in [3.8, 4) is 0 Å². The molecule has 3 heteroatoms. The van der Waals surface area contributed by atoms with Gasteiger partial charge < -0.3 is 5.32 Å². The van der Waals surface area contributed by atoms with Crippen LogP contribution in [-0.4, -0.2) is 11.5 Å². The molecule has 1 aromatic heterocycles. The Hall–Kier alpha value is -0.410. The molecule has 2 atom stereocenters. The van der Waals surface area contributed by atoms with Gasteiger partial charge in [-0.15, -0.1) is 11.3 Å². The van der Waals surface area contributed by atoms with Crippen LogP contribution in [0.15, 0.2) is 0 Å². The molecule has 1 N–H and O–H groups in total. The molecule has 0 amide bonds. The van der Waals surface area contributed by atoms with Gasteiger partial charge in [-0.3, -0.25) is 0 Å². The summed E-state index contributed by atoms with van der Waals surface area (Å²) < 4.78 is 0. The van der Waals surface area contributed by atoms with E-state index in [0.717, 1.165) is 24.9 Å². The highest BCUT2D eigenvalue weighted by atomic mass is 32.1. The lowest BCUT2D eigenvalue weighted by molar-refractivity contribution is 0.314. The summed E-state index contributed by atoms with van der Waals surface area (Å²) in [4.78, 5) is 6.50. The number of aromatic nitrogens is 1. The summed E-state index contributed by atoms with van der Waals surface area (Å²) in [5.41, 5.74) is 1.34. The van der Waals surface area contributed by atoms with Gasteiger partial charge in [0.25, 0.3) is 0 Å². The first-order valence-corrected chi connectivity index (χ1v) is 9.17. The molecule has 0 aliphatic heterocycles. The summed E-state index contributed by atoms with van der Waals surface area (Å²) in [5.74, 6) is 2.20. The van der Waals surface area contributed by atoms with Crippen LogP contribution in [0.2, 0.25) is 0 Å². The van der Waals surface area contributed by atoms with Gasteiger partial charge in [0, 0.05) is 17.3 Å². The zero-order valence-electron chi connectivity index (χ0n) is 13.5. The number of hydrogen-bond donors (Lipinski definition) is 1. The first-order chi connectivity index (χ1) is 9.65. The molecule has 114 valence electrons. The van der Waals surface area contributed by atoms with E-state index in [0.29, 0.717) is 5.92 Å². The molecule has 0 radical (unpaired) electrons. The van der Waals surface area contributed by atoms with Crippen molar-refractivity contribution in [3.05, 3.63) is 15.6 Å². The molecule has 0 bridgehead atoms. The van der Waals surface area contributed by atoms with Gasteiger partial charge in [0.15, 0.2) is 0 Å². The smallest absolute Gasteiger partial charge is 0.0962 e. The van der Waals surface area contributed by atoms with Gasteiger partial charge in [-0.05, 0) is 31.2 Å². The summed E-state index contributed by atoms with van der Waals surface area (Å²) in [6.45, 7) is 11.1. The maximum absolute atomic E-state index is 5.03. The number of rotatable bonds is 6. The largest absolute Gasteiger partial charge is 0.312 e. The van der Waals surface area contributed by atoms with E-state index in [4.69, 9.17) is 4.98 Å². The topological polar surface area (TPSA) is 24.9 Å². The molecule has 1 fully saturated rings. The van der Waals surface area contributed by atoms with Gasteiger partial charge in [-0.1, -0.05) is 47.0 Å². The van der Waals surface area contributed by atoms with Crippen LogP contribution in [-0.2, 0) is 6.54 Å². The molecule has 0 saturated heterocycles. The fourth-order valence-corrected chi connectivity index (χ4v) is 4.60. The molecular formula is C17H30N2S. The second-order valence-electron chi connectivity index (χ2n) is 6.43. The van der Waals surface area contributed by atoms with E-state index in [1.807, 2.05) is 11.3 Å². The Bertz CT molecular complexity index is 411. The van der Waals surface area contributed by atoms with Crippen LogP contribution in [0.25, 0.3) is 0 Å². The highest BCUT2D eigenvalue weighted by Crippen LogP contribution is 2.40. The van der Waals surface area contributed by atoms with E-state index >= 15 is 0 Å². The predicted octanol–water partition coefficient (Wildman–Crippen LogP) is 5.06. The van der Waals surface area contributed by atoms with Crippen molar-refractivity contribution in [1.82, 2.24) is 10.3 Å². The van der Waals surface area contributed by atoms with Crippen LogP contribution in [0.3, 0.4) is 0 Å². The SMILES string of the molecule is CCNCc1sc(C2CCCC(CC)C2)nc1C(C)C. The van der Waals surface area contributed by atoms with Crippen LogP contribution in [0.5, 0.6) is 0 Å². The third-order valence-electron chi connectivity index (χ3n) is 4.54. The van der Waals surface area contributed by atoms with Crippen LogP contribution in [0.4, 0.5) is 0 Å². The van der Waals surface area contributed by atoms with E-state index in [9.17, 15) is 0 Å². The molecule has 0 spiro atoms. The highest BCUT2D eigenvalue weighted by Gasteiger charge is 2.26. The lowest BCUT2D eigenvalue weighted by Crippen LogP contribution is -2.13. The van der Waals surface area contributed by atoms with Gasteiger partial charge >= 0.3 is 0 Å². The normalized spacial score (nSPS) is 23.4. The third-order valence-corrected chi connectivity index (χ3v) is 5.77. The number of nitrogens with one attached hydrogen (secondary N) is 1. The monoisotopic (exact) mass is 294 g/mol. The standard InChI is InChI=1S/C17H30N2S/c1-5-13-8-7-9-14(10-13)17-19-16(12(3)4)15(20-17)11-18-6-2/h12-14,18H,5-11H2,1-4H3. The molecule has 2 unspecified atom stereocenters. The molecule has 1 aliphatic rings. The second kappa shape index (κ2) is 7.56. The fraction of sp³-hybridized carbons (Fsp3) is 0.824. The first-order valence-electron chi connectivity index (χ1n) is 8.35. The molecule has 2 nitrogen and oxygen atoms in total. The molecule has 1 heterocycles. The maximum Gasteiger partial charge on any atom is 0.0962 e. The van der Waals surface area contributed by atoms with Gasteiger partial charge in [0.05, 0.1) is 10.7 Å². The van der Waals surface area contributed by atoms with E-state index in [-0.39, 0.29) is 0 Å². The van der Waals surface area contributed by atoms with Crippen molar-refractivity contribution in [2.45, 2.75) is 78.2 Å². The quantitative estimate of drug-likeness (QED) is 0.793. The van der Waals surface area contributed by atoms with Crippen molar-refractivity contribution in [2.75, 3.05) is 6.54 Å². The van der Waals surface area contributed by atoms with Crippen molar-refractivity contribution < 1.29 is 0 Å². The van der Waals surface area contributed by atoms with Crippen LogP contribution >= 0.6 is 11.3 Å². The number of hydrogen-bond acceptors (Lipinski definition) is 3. The lowest BCUT2D eigenvalue weighted by Gasteiger charge is -2.26. The molecule has 0 aromatic carbocycles. The van der Waals surface area contributed by atoms with Gasteiger partial charge in [-0.25, -0.2) is 4.98 Å². The van der Waals surface area contributed by atoms with E-state index in [1.165, 1.54) is 47.7 Å². The summed E-state index contributed by atoms with van der Waals surface area (Å²) in [5, 5.41) is 4.88. The van der Waals surface area contributed by atoms with Crippen LogP contribution < -0.4 is 5.32 Å². The van der Waals surface area contributed by atoms with E-state index in [2.05, 4.69) is 33.0 Å². The van der Waals surface area contributed by atoms with Crippen molar-refractivity contribution >= 4 is 11.3 Å². The van der Waals surface area contributed by atoms with E-state index in [1.54, 1.807) is 0 Å². The summed E-state index contributed by atoms with van der Waals surface area (Å²) in [6, 6.07) is 0. The highest BCUT2D eigenvalue weighted by molar-refractivity contribution is 7.11. The fourth-order valence-electron chi connectivity index (χ4n) is 3.26. The van der Waals surface area contributed by atoms with Crippen molar-refractivity contribution in [3.63, 3.8) is 0 Å². The molecule has 2 rings (SSSR count). The Kier molecular flexibility index (Phi) is 6.03. The molecule has 1 aromatic rings. The zero-order chi connectivity index (χ0) is 14.5. The maximum atomic E-state index is 5.03. The minimum Gasteiger partial charge on any atom is -0.312 e. The Morgan fingerprint density at radius 1 is 1.30 bits per heavy atom. The van der Waals surface area contributed by atoms with Gasteiger partial charge in [0.1, 0.15) is 0 Å². The van der Waals surface area contributed by atoms with Crippen LogP contribution in [0, 0.1) is 5.92 Å². The Labute approximate surface area is 128 Å². The zero-order valence-corrected chi connectivity index (χ0v) is 14.4. The minimum absolute atomic E-state index is 0.541.